The van der Waals surface area contributed by atoms with Gasteiger partial charge in [0.1, 0.15) is 0 Å². The van der Waals surface area contributed by atoms with Gasteiger partial charge in [-0.05, 0) is 57.4 Å². The Kier molecular flexibility index (Phi) is 6.43. The summed E-state index contributed by atoms with van der Waals surface area (Å²) in [5.41, 5.74) is 1.11. The number of benzene rings is 2. The van der Waals surface area contributed by atoms with Gasteiger partial charge in [-0.2, -0.15) is 0 Å². The molecule has 21 heavy (non-hydrogen) atoms. The van der Waals surface area contributed by atoms with E-state index in [2.05, 4.69) is 54.6 Å². The van der Waals surface area contributed by atoms with Gasteiger partial charge < -0.3 is 10.2 Å². The van der Waals surface area contributed by atoms with Gasteiger partial charge in [0, 0.05) is 27.0 Å². The van der Waals surface area contributed by atoms with Crippen LogP contribution in [0, 0.1) is 0 Å². The van der Waals surface area contributed by atoms with Crippen LogP contribution in [-0.2, 0) is 0 Å². The Hall–Kier alpha value is -1.16. The van der Waals surface area contributed by atoms with E-state index in [1.54, 1.807) is 11.8 Å². The third kappa shape index (κ3) is 5.62. The second kappa shape index (κ2) is 8.32. The molecule has 0 saturated carbocycles. The fourth-order valence-electron chi connectivity index (χ4n) is 1.96. The van der Waals surface area contributed by atoms with Crippen LogP contribution < -0.4 is 5.32 Å². The molecule has 2 aromatic rings. The van der Waals surface area contributed by atoms with Crippen molar-refractivity contribution in [2.75, 3.05) is 32.5 Å². The first-order valence-electron chi connectivity index (χ1n) is 7.06. The molecule has 112 valence electrons. The highest BCUT2D eigenvalue weighted by Gasteiger charge is 2.05. The number of rotatable bonds is 7. The lowest BCUT2D eigenvalue weighted by Crippen LogP contribution is -2.16. The van der Waals surface area contributed by atoms with Gasteiger partial charge in [0.15, 0.2) is 0 Å². The molecule has 0 atom stereocenters. The molecule has 2 nitrogen and oxygen atoms in total. The summed E-state index contributed by atoms with van der Waals surface area (Å²) in [7, 11) is 4.19. The standard InChI is InChI=1S/C17H21ClN2S/c1-20(2)12-6-11-19-16-13-14(18)9-10-17(16)21-15-7-4-3-5-8-15/h3-5,7-10,13,19H,6,11-12H2,1-2H3. The molecule has 2 aromatic carbocycles. The number of anilines is 1. The first-order valence-corrected chi connectivity index (χ1v) is 8.25. The van der Waals surface area contributed by atoms with Gasteiger partial charge >= 0.3 is 0 Å². The first kappa shape index (κ1) is 16.2. The number of hydrogen-bond acceptors (Lipinski definition) is 3. The minimum atomic E-state index is 0.766. The van der Waals surface area contributed by atoms with Crippen LogP contribution >= 0.6 is 23.4 Å². The van der Waals surface area contributed by atoms with E-state index in [-0.39, 0.29) is 0 Å². The van der Waals surface area contributed by atoms with Crippen molar-refractivity contribution in [2.24, 2.45) is 0 Å². The van der Waals surface area contributed by atoms with Gasteiger partial charge in [-0.3, -0.25) is 0 Å². The first-order chi connectivity index (χ1) is 10.1. The molecule has 2 rings (SSSR count). The van der Waals surface area contributed by atoms with E-state index in [4.69, 9.17) is 11.6 Å². The van der Waals surface area contributed by atoms with Crippen LogP contribution in [0.15, 0.2) is 58.3 Å². The minimum absolute atomic E-state index is 0.766. The Balaban J connectivity index is 2.03. The molecule has 0 aliphatic heterocycles. The molecule has 0 fully saturated rings. The topological polar surface area (TPSA) is 15.3 Å². The number of halogens is 1. The van der Waals surface area contributed by atoms with Crippen molar-refractivity contribution in [1.82, 2.24) is 4.90 Å². The SMILES string of the molecule is CN(C)CCCNc1cc(Cl)ccc1Sc1ccccc1. The molecule has 0 aromatic heterocycles. The summed E-state index contributed by atoms with van der Waals surface area (Å²) in [5.74, 6) is 0. The number of nitrogens with one attached hydrogen (secondary N) is 1. The predicted octanol–water partition coefficient (Wildman–Crippen LogP) is 4.85. The molecule has 0 unspecified atom stereocenters. The van der Waals surface area contributed by atoms with Gasteiger partial charge in [0.05, 0.1) is 0 Å². The lowest BCUT2D eigenvalue weighted by Gasteiger charge is -2.14. The van der Waals surface area contributed by atoms with Gasteiger partial charge in [-0.25, -0.2) is 0 Å². The van der Waals surface area contributed by atoms with E-state index in [9.17, 15) is 0 Å². The molecule has 0 spiro atoms. The highest BCUT2D eigenvalue weighted by atomic mass is 35.5. The zero-order valence-corrected chi connectivity index (χ0v) is 14.0. The Morgan fingerprint density at radius 1 is 1.10 bits per heavy atom. The van der Waals surface area contributed by atoms with Crippen LogP contribution in [0.1, 0.15) is 6.42 Å². The molecule has 0 aliphatic carbocycles. The number of nitrogens with zero attached hydrogens (tertiary/aromatic N) is 1. The van der Waals surface area contributed by atoms with Crippen molar-refractivity contribution < 1.29 is 0 Å². The summed E-state index contributed by atoms with van der Waals surface area (Å²) in [6.07, 6.45) is 1.11. The van der Waals surface area contributed by atoms with Crippen LogP contribution in [0.3, 0.4) is 0 Å². The smallest absolute Gasteiger partial charge is 0.0496 e. The second-order valence-corrected chi connectivity index (χ2v) is 6.69. The van der Waals surface area contributed by atoms with Crippen LogP contribution in [0.25, 0.3) is 0 Å². The minimum Gasteiger partial charge on any atom is -0.384 e. The predicted molar refractivity (Wildman–Crippen MR) is 93.7 cm³/mol. The van der Waals surface area contributed by atoms with Crippen LogP contribution in [-0.4, -0.2) is 32.1 Å². The van der Waals surface area contributed by atoms with E-state index in [0.29, 0.717) is 0 Å². The normalized spacial score (nSPS) is 10.9. The zero-order valence-electron chi connectivity index (χ0n) is 12.5. The lowest BCUT2D eigenvalue weighted by atomic mass is 10.3. The molecular weight excluding hydrogens is 300 g/mol. The second-order valence-electron chi connectivity index (χ2n) is 5.14. The molecule has 0 aliphatic rings. The quantitative estimate of drug-likeness (QED) is 0.734. The van der Waals surface area contributed by atoms with Crippen molar-refractivity contribution in [1.29, 1.82) is 0 Å². The average Bonchev–Trinajstić information content (AvgIpc) is 2.47. The average molecular weight is 321 g/mol. The van der Waals surface area contributed by atoms with Crippen molar-refractivity contribution in [2.45, 2.75) is 16.2 Å². The number of hydrogen-bond donors (Lipinski definition) is 1. The summed E-state index contributed by atoms with van der Waals surface area (Å²) in [6.45, 7) is 2.02. The molecular formula is C17H21ClN2S. The molecule has 1 N–H and O–H groups in total. The summed E-state index contributed by atoms with van der Waals surface area (Å²) >= 11 is 7.88. The van der Waals surface area contributed by atoms with Crippen LogP contribution in [0.5, 0.6) is 0 Å². The van der Waals surface area contributed by atoms with Crippen molar-refractivity contribution >= 4 is 29.1 Å². The highest BCUT2D eigenvalue weighted by molar-refractivity contribution is 7.99. The van der Waals surface area contributed by atoms with Gasteiger partial charge in [-0.15, -0.1) is 0 Å². The zero-order chi connectivity index (χ0) is 15.1. The largest absolute Gasteiger partial charge is 0.384 e. The molecule has 0 bridgehead atoms. The maximum absolute atomic E-state index is 6.13. The maximum atomic E-state index is 6.13. The van der Waals surface area contributed by atoms with Crippen molar-refractivity contribution in [3.05, 3.63) is 53.6 Å². The molecule has 0 saturated heterocycles. The van der Waals surface area contributed by atoms with E-state index in [0.717, 1.165) is 30.2 Å². The maximum Gasteiger partial charge on any atom is 0.0496 e. The lowest BCUT2D eigenvalue weighted by molar-refractivity contribution is 0.405. The molecule has 0 radical (unpaired) electrons. The van der Waals surface area contributed by atoms with E-state index >= 15 is 0 Å². The third-order valence-electron chi connectivity index (χ3n) is 3.01. The van der Waals surface area contributed by atoms with E-state index < -0.39 is 0 Å². The summed E-state index contributed by atoms with van der Waals surface area (Å²) in [6, 6.07) is 16.4. The fourth-order valence-corrected chi connectivity index (χ4v) is 3.06. The van der Waals surface area contributed by atoms with Crippen molar-refractivity contribution in [3.63, 3.8) is 0 Å². The molecule has 0 heterocycles. The Morgan fingerprint density at radius 2 is 1.86 bits per heavy atom. The summed E-state index contributed by atoms with van der Waals surface area (Å²) < 4.78 is 0. The van der Waals surface area contributed by atoms with Gasteiger partial charge in [0.25, 0.3) is 0 Å². The van der Waals surface area contributed by atoms with Crippen LogP contribution in [0.4, 0.5) is 5.69 Å². The van der Waals surface area contributed by atoms with Gasteiger partial charge in [0.2, 0.25) is 0 Å². The highest BCUT2D eigenvalue weighted by Crippen LogP contribution is 2.34. The summed E-state index contributed by atoms with van der Waals surface area (Å²) in [4.78, 5) is 4.63. The Bertz CT molecular complexity index is 558. The van der Waals surface area contributed by atoms with Gasteiger partial charge in [-0.1, -0.05) is 41.6 Å². The fraction of sp³-hybridized carbons (Fsp3) is 0.294. The molecule has 4 heteroatoms. The Morgan fingerprint density at radius 3 is 2.57 bits per heavy atom. The Labute approximate surface area is 136 Å². The summed E-state index contributed by atoms with van der Waals surface area (Å²) in [5, 5.41) is 4.26. The molecule has 0 amide bonds. The van der Waals surface area contributed by atoms with E-state index in [1.165, 1.54) is 9.79 Å². The third-order valence-corrected chi connectivity index (χ3v) is 4.33. The monoisotopic (exact) mass is 320 g/mol. The van der Waals surface area contributed by atoms with Crippen molar-refractivity contribution in [3.8, 4) is 0 Å². The van der Waals surface area contributed by atoms with Crippen LogP contribution in [0.2, 0.25) is 5.02 Å². The van der Waals surface area contributed by atoms with E-state index in [1.807, 2.05) is 18.2 Å².